The molecule has 4 rings (SSSR count). The summed E-state index contributed by atoms with van der Waals surface area (Å²) in [5, 5.41) is 7.63. The van der Waals surface area contributed by atoms with Crippen LogP contribution in [0.25, 0.3) is 0 Å². The van der Waals surface area contributed by atoms with Crippen LogP contribution in [0.5, 0.6) is 0 Å². The van der Waals surface area contributed by atoms with Crippen molar-refractivity contribution >= 4 is 24.0 Å². The van der Waals surface area contributed by atoms with Crippen LogP contribution in [0.4, 0.5) is 5.69 Å². The fraction of sp³-hybridized carbons (Fsp3) is 0.412. The number of benzene rings is 1. The highest BCUT2D eigenvalue weighted by Gasteiger charge is 2.38. The summed E-state index contributed by atoms with van der Waals surface area (Å²) in [6.07, 6.45) is 4.87. The molecule has 0 saturated carbocycles. The molecule has 1 aromatic carbocycles. The number of aryl methyl sites for hydroxylation is 1. The molecule has 0 bridgehead atoms. The maximum atomic E-state index is 13.1. The molecule has 0 spiro atoms. The fourth-order valence-electron chi connectivity index (χ4n) is 3.69. The van der Waals surface area contributed by atoms with Gasteiger partial charge in [-0.25, -0.2) is 0 Å². The summed E-state index contributed by atoms with van der Waals surface area (Å²) in [5.41, 5.74) is 3.52. The molecule has 1 amide bonds. The highest BCUT2D eigenvalue weighted by Crippen LogP contribution is 2.34. The maximum absolute atomic E-state index is 13.1. The topological polar surface area (TPSA) is 50.2 Å². The van der Waals surface area contributed by atoms with Crippen molar-refractivity contribution in [3.63, 3.8) is 0 Å². The molecule has 0 unspecified atom stereocenters. The lowest BCUT2D eigenvalue weighted by Crippen LogP contribution is -2.37. The molecule has 2 aromatic rings. The molecular weight excluding hydrogens is 312 g/mol. The summed E-state index contributed by atoms with van der Waals surface area (Å²) in [6, 6.07) is 8.23. The first-order chi connectivity index (χ1) is 10.7. The maximum Gasteiger partial charge on any atom is 0.232 e. The summed E-state index contributed by atoms with van der Waals surface area (Å²) >= 11 is 0. The van der Waals surface area contributed by atoms with Gasteiger partial charge < -0.3 is 10.2 Å². The van der Waals surface area contributed by atoms with Gasteiger partial charge in [0.1, 0.15) is 0 Å². The number of anilines is 1. The van der Waals surface area contributed by atoms with Gasteiger partial charge in [0, 0.05) is 44.5 Å². The number of hydrogen-bond acceptors (Lipinski definition) is 3. The third-order valence-corrected chi connectivity index (χ3v) is 4.84. The van der Waals surface area contributed by atoms with Gasteiger partial charge in [-0.1, -0.05) is 18.2 Å². The van der Waals surface area contributed by atoms with Gasteiger partial charge in [-0.05, 0) is 23.6 Å². The summed E-state index contributed by atoms with van der Waals surface area (Å²) < 4.78 is 1.81. The summed E-state index contributed by atoms with van der Waals surface area (Å²) in [4.78, 5) is 15.0. The van der Waals surface area contributed by atoms with Crippen molar-refractivity contribution in [2.75, 3.05) is 24.5 Å². The molecule has 6 heteroatoms. The molecule has 1 saturated heterocycles. The Hall–Kier alpha value is -1.85. The van der Waals surface area contributed by atoms with E-state index in [1.54, 1.807) is 4.68 Å². The number of fused-ring (bicyclic) bond motifs is 1. The normalized spacial score (nSPS) is 22.7. The lowest BCUT2D eigenvalue weighted by Gasteiger charge is -2.24. The number of carbonyl (C=O) groups excluding carboxylic acids is 1. The van der Waals surface area contributed by atoms with Gasteiger partial charge in [0.25, 0.3) is 0 Å². The first-order valence-electron chi connectivity index (χ1n) is 7.82. The van der Waals surface area contributed by atoms with E-state index >= 15 is 0 Å². The van der Waals surface area contributed by atoms with Crippen LogP contribution < -0.4 is 10.2 Å². The lowest BCUT2D eigenvalue weighted by atomic mass is 9.90. The highest BCUT2D eigenvalue weighted by atomic mass is 35.5. The number of amides is 1. The quantitative estimate of drug-likeness (QED) is 0.911. The van der Waals surface area contributed by atoms with Crippen LogP contribution in [0.1, 0.15) is 17.0 Å². The Balaban J connectivity index is 0.00000156. The molecule has 2 atom stereocenters. The molecule has 3 heterocycles. The highest BCUT2D eigenvalue weighted by molar-refractivity contribution is 5.97. The second kappa shape index (κ2) is 6.34. The first kappa shape index (κ1) is 16.0. The SMILES string of the molecule is Cl.Cn1cc([C@H]2CNC[C@@H]2C(=O)N2CCc3ccccc32)cn1. The van der Waals surface area contributed by atoms with Crippen LogP contribution in [0.3, 0.4) is 0 Å². The smallest absolute Gasteiger partial charge is 0.232 e. The molecule has 122 valence electrons. The van der Waals surface area contributed by atoms with Crippen LogP contribution in [-0.2, 0) is 18.3 Å². The van der Waals surface area contributed by atoms with E-state index in [4.69, 9.17) is 0 Å². The van der Waals surface area contributed by atoms with E-state index in [0.29, 0.717) is 0 Å². The minimum absolute atomic E-state index is 0. The van der Waals surface area contributed by atoms with Gasteiger partial charge in [-0.15, -0.1) is 12.4 Å². The van der Waals surface area contributed by atoms with Gasteiger partial charge in [0.15, 0.2) is 0 Å². The Bertz CT molecular complexity index is 714. The molecule has 1 aromatic heterocycles. The van der Waals surface area contributed by atoms with Crippen LogP contribution in [0.15, 0.2) is 36.7 Å². The zero-order valence-corrected chi connectivity index (χ0v) is 13.9. The summed E-state index contributed by atoms with van der Waals surface area (Å²) in [6.45, 7) is 2.39. The van der Waals surface area contributed by atoms with Gasteiger partial charge in [-0.2, -0.15) is 5.10 Å². The van der Waals surface area contributed by atoms with E-state index in [0.717, 1.165) is 37.3 Å². The Morgan fingerprint density at radius 1 is 1.30 bits per heavy atom. The minimum atomic E-state index is -0.00430. The number of para-hydroxylation sites is 1. The number of rotatable bonds is 2. The fourth-order valence-corrected chi connectivity index (χ4v) is 3.69. The Morgan fingerprint density at radius 2 is 2.13 bits per heavy atom. The van der Waals surface area contributed by atoms with E-state index in [-0.39, 0.29) is 30.2 Å². The van der Waals surface area contributed by atoms with Crippen molar-refractivity contribution in [2.45, 2.75) is 12.3 Å². The van der Waals surface area contributed by atoms with E-state index in [2.05, 4.69) is 22.5 Å². The average molecular weight is 333 g/mol. The summed E-state index contributed by atoms with van der Waals surface area (Å²) in [7, 11) is 1.92. The van der Waals surface area contributed by atoms with E-state index in [1.165, 1.54) is 5.56 Å². The third kappa shape index (κ3) is 2.75. The molecule has 2 aliphatic heterocycles. The van der Waals surface area contributed by atoms with Crippen molar-refractivity contribution in [2.24, 2.45) is 13.0 Å². The second-order valence-electron chi connectivity index (χ2n) is 6.19. The van der Waals surface area contributed by atoms with Crippen molar-refractivity contribution < 1.29 is 4.79 Å². The number of carbonyl (C=O) groups is 1. The molecule has 0 radical (unpaired) electrons. The summed E-state index contributed by atoms with van der Waals surface area (Å²) in [5.74, 6) is 0.452. The number of halogens is 1. The average Bonchev–Trinajstić information content (AvgIpc) is 3.25. The molecule has 0 aliphatic carbocycles. The molecule has 23 heavy (non-hydrogen) atoms. The van der Waals surface area contributed by atoms with Crippen LogP contribution in [-0.4, -0.2) is 35.3 Å². The Morgan fingerprint density at radius 3 is 2.91 bits per heavy atom. The number of nitrogens with one attached hydrogen (secondary N) is 1. The molecule has 2 aliphatic rings. The van der Waals surface area contributed by atoms with Crippen LogP contribution in [0.2, 0.25) is 0 Å². The van der Waals surface area contributed by atoms with Gasteiger partial charge in [0.05, 0.1) is 12.1 Å². The van der Waals surface area contributed by atoms with Crippen molar-refractivity contribution in [1.29, 1.82) is 0 Å². The number of nitrogens with zero attached hydrogens (tertiary/aromatic N) is 3. The third-order valence-electron chi connectivity index (χ3n) is 4.84. The zero-order chi connectivity index (χ0) is 15.1. The molecular formula is C17H21ClN4O. The van der Waals surface area contributed by atoms with E-state index in [1.807, 2.05) is 36.5 Å². The Labute approximate surface area is 142 Å². The predicted octanol–water partition coefficient (Wildman–Crippen LogP) is 1.73. The first-order valence-corrected chi connectivity index (χ1v) is 7.82. The predicted molar refractivity (Wildman–Crippen MR) is 92.1 cm³/mol. The number of aromatic nitrogens is 2. The molecule has 5 nitrogen and oxygen atoms in total. The standard InChI is InChI=1S/C17H20N4O.ClH/c1-20-11-13(8-19-20)14-9-18-10-15(14)17(22)21-7-6-12-4-2-3-5-16(12)21;/h2-5,8,11,14-15,18H,6-7,9-10H2,1H3;1H/t14-,15+;/m1./s1. The lowest BCUT2D eigenvalue weighted by molar-refractivity contribution is -0.122. The van der Waals surface area contributed by atoms with E-state index in [9.17, 15) is 4.79 Å². The van der Waals surface area contributed by atoms with Gasteiger partial charge >= 0.3 is 0 Å². The molecule has 1 N–H and O–H groups in total. The van der Waals surface area contributed by atoms with Gasteiger partial charge in [-0.3, -0.25) is 9.48 Å². The van der Waals surface area contributed by atoms with Crippen LogP contribution in [0, 0.1) is 5.92 Å². The molecule has 1 fully saturated rings. The second-order valence-corrected chi connectivity index (χ2v) is 6.19. The minimum Gasteiger partial charge on any atom is -0.315 e. The van der Waals surface area contributed by atoms with Crippen molar-refractivity contribution in [3.05, 3.63) is 47.8 Å². The number of hydrogen-bond donors (Lipinski definition) is 1. The van der Waals surface area contributed by atoms with Gasteiger partial charge in [0.2, 0.25) is 5.91 Å². The monoisotopic (exact) mass is 332 g/mol. The zero-order valence-electron chi connectivity index (χ0n) is 13.1. The largest absolute Gasteiger partial charge is 0.315 e. The van der Waals surface area contributed by atoms with Crippen molar-refractivity contribution in [1.82, 2.24) is 15.1 Å². The van der Waals surface area contributed by atoms with Crippen LogP contribution >= 0.6 is 12.4 Å². The Kier molecular flexibility index (Phi) is 4.41. The van der Waals surface area contributed by atoms with Crippen molar-refractivity contribution in [3.8, 4) is 0 Å². The van der Waals surface area contributed by atoms with E-state index < -0.39 is 0 Å².